The van der Waals surface area contributed by atoms with Crippen LogP contribution in [0, 0.1) is 13.8 Å². The van der Waals surface area contributed by atoms with E-state index in [2.05, 4.69) is 10.5 Å². The highest BCUT2D eigenvalue weighted by Crippen LogP contribution is 2.11. The summed E-state index contributed by atoms with van der Waals surface area (Å²) in [6.07, 6.45) is 0. The van der Waals surface area contributed by atoms with Gasteiger partial charge in [0.1, 0.15) is 18.1 Å². The fourth-order valence-corrected chi connectivity index (χ4v) is 2.19. The van der Waals surface area contributed by atoms with Crippen LogP contribution in [0.1, 0.15) is 17.0 Å². The minimum atomic E-state index is -0.0411. The Bertz CT molecular complexity index is 640. The van der Waals surface area contributed by atoms with Crippen LogP contribution in [-0.4, -0.2) is 42.7 Å². The summed E-state index contributed by atoms with van der Waals surface area (Å²) >= 11 is 0. The maximum Gasteiger partial charge on any atom is 0.234 e. The van der Waals surface area contributed by atoms with Crippen LogP contribution >= 0.6 is 0 Å². The molecule has 0 spiro atoms. The van der Waals surface area contributed by atoms with E-state index in [1.807, 2.05) is 56.1 Å². The molecule has 124 valence electrons. The van der Waals surface area contributed by atoms with Crippen molar-refractivity contribution in [3.05, 3.63) is 47.3 Å². The van der Waals surface area contributed by atoms with Gasteiger partial charge in [-0.3, -0.25) is 9.69 Å². The van der Waals surface area contributed by atoms with Gasteiger partial charge in [-0.15, -0.1) is 0 Å². The van der Waals surface area contributed by atoms with E-state index in [1.165, 1.54) is 0 Å². The number of amides is 1. The van der Waals surface area contributed by atoms with E-state index >= 15 is 0 Å². The predicted octanol–water partition coefficient (Wildman–Crippen LogP) is 1.92. The summed E-state index contributed by atoms with van der Waals surface area (Å²) in [6, 6.07) is 9.70. The molecule has 0 fully saturated rings. The van der Waals surface area contributed by atoms with E-state index in [1.54, 1.807) is 0 Å². The third-order valence-corrected chi connectivity index (χ3v) is 3.20. The number of rotatable bonds is 8. The minimum absolute atomic E-state index is 0.0411. The second-order valence-corrected chi connectivity index (χ2v) is 5.62. The van der Waals surface area contributed by atoms with Gasteiger partial charge in [-0.2, -0.15) is 0 Å². The van der Waals surface area contributed by atoms with Crippen LogP contribution in [0.25, 0.3) is 0 Å². The third kappa shape index (κ3) is 6.12. The van der Waals surface area contributed by atoms with Crippen molar-refractivity contribution in [3.8, 4) is 5.75 Å². The second kappa shape index (κ2) is 8.33. The number of nitrogens with zero attached hydrogens (tertiary/aromatic N) is 2. The number of aromatic nitrogens is 1. The Morgan fingerprint density at radius 1 is 1.35 bits per heavy atom. The molecule has 0 saturated carbocycles. The van der Waals surface area contributed by atoms with Crippen LogP contribution in [0.15, 0.2) is 34.9 Å². The fourth-order valence-electron chi connectivity index (χ4n) is 2.19. The van der Waals surface area contributed by atoms with E-state index in [-0.39, 0.29) is 5.91 Å². The molecule has 0 aliphatic carbocycles. The Morgan fingerprint density at radius 3 is 2.87 bits per heavy atom. The lowest BCUT2D eigenvalue weighted by atomic mass is 10.2. The number of hydrogen-bond acceptors (Lipinski definition) is 5. The highest BCUT2D eigenvalue weighted by molar-refractivity contribution is 5.77. The van der Waals surface area contributed by atoms with Crippen molar-refractivity contribution in [1.29, 1.82) is 0 Å². The van der Waals surface area contributed by atoms with Crippen molar-refractivity contribution in [3.63, 3.8) is 0 Å². The molecule has 0 aliphatic heterocycles. The van der Waals surface area contributed by atoms with Crippen LogP contribution in [0.4, 0.5) is 0 Å². The smallest absolute Gasteiger partial charge is 0.234 e. The molecule has 1 N–H and O–H groups in total. The number of aryl methyl sites for hydroxylation is 2. The monoisotopic (exact) mass is 317 g/mol. The first-order chi connectivity index (χ1) is 11.0. The maximum absolute atomic E-state index is 11.9. The van der Waals surface area contributed by atoms with Crippen LogP contribution < -0.4 is 10.1 Å². The van der Waals surface area contributed by atoms with Gasteiger partial charge in [-0.1, -0.05) is 17.3 Å². The van der Waals surface area contributed by atoms with Crippen LogP contribution in [0.3, 0.4) is 0 Å². The zero-order valence-electron chi connectivity index (χ0n) is 13.8. The van der Waals surface area contributed by atoms with Crippen molar-refractivity contribution in [2.75, 3.05) is 26.7 Å². The second-order valence-electron chi connectivity index (χ2n) is 5.62. The van der Waals surface area contributed by atoms with Crippen LogP contribution in [0.5, 0.6) is 5.75 Å². The van der Waals surface area contributed by atoms with Crippen LogP contribution in [0.2, 0.25) is 0 Å². The Morgan fingerprint density at radius 2 is 2.17 bits per heavy atom. The first-order valence-electron chi connectivity index (χ1n) is 7.60. The first-order valence-corrected chi connectivity index (χ1v) is 7.60. The van der Waals surface area contributed by atoms with Crippen molar-refractivity contribution in [1.82, 2.24) is 15.4 Å². The molecule has 0 saturated heterocycles. The molecule has 23 heavy (non-hydrogen) atoms. The molecule has 2 aromatic rings. The van der Waals surface area contributed by atoms with Gasteiger partial charge in [0.2, 0.25) is 5.91 Å². The Balaban J connectivity index is 1.63. The summed E-state index contributed by atoms with van der Waals surface area (Å²) in [5.41, 5.74) is 1.97. The molecule has 6 nitrogen and oxygen atoms in total. The SMILES string of the molecule is Cc1cccc(OCCNC(=O)CN(C)Cc2cc(C)on2)c1. The molecule has 0 radical (unpaired) electrons. The highest BCUT2D eigenvalue weighted by atomic mass is 16.5. The third-order valence-electron chi connectivity index (χ3n) is 3.20. The number of carbonyl (C=O) groups excluding carboxylic acids is 1. The molecule has 0 atom stereocenters. The number of hydrogen-bond donors (Lipinski definition) is 1. The van der Waals surface area contributed by atoms with Crippen molar-refractivity contribution < 1.29 is 14.1 Å². The lowest BCUT2D eigenvalue weighted by molar-refractivity contribution is -0.122. The van der Waals surface area contributed by atoms with Crippen molar-refractivity contribution in [2.45, 2.75) is 20.4 Å². The molecule has 0 bridgehead atoms. The van der Waals surface area contributed by atoms with Gasteiger partial charge in [0, 0.05) is 12.6 Å². The summed E-state index contributed by atoms with van der Waals surface area (Å²) in [7, 11) is 1.87. The molecule has 0 aliphatic rings. The van der Waals surface area contributed by atoms with Gasteiger partial charge in [0.15, 0.2) is 0 Å². The molecular weight excluding hydrogens is 294 g/mol. The molecular formula is C17H23N3O3. The summed E-state index contributed by atoms with van der Waals surface area (Å²) in [4.78, 5) is 13.7. The molecule has 6 heteroatoms. The summed E-state index contributed by atoms with van der Waals surface area (Å²) in [5, 5.41) is 6.75. The van der Waals surface area contributed by atoms with Gasteiger partial charge >= 0.3 is 0 Å². The number of ether oxygens (including phenoxy) is 1. The number of likely N-dealkylation sites (N-methyl/N-ethyl adjacent to an activating group) is 1. The maximum atomic E-state index is 11.9. The largest absolute Gasteiger partial charge is 0.492 e. The quantitative estimate of drug-likeness (QED) is 0.753. The zero-order chi connectivity index (χ0) is 16.7. The molecule has 1 aromatic heterocycles. The van der Waals surface area contributed by atoms with E-state index in [9.17, 15) is 4.79 Å². The van der Waals surface area contributed by atoms with Gasteiger partial charge in [-0.25, -0.2) is 0 Å². The number of benzene rings is 1. The molecule has 1 amide bonds. The highest BCUT2D eigenvalue weighted by Gasteiger charge is 2.09. The number of nitrogens with one attached hydrogen (secondary N) is 1. The van der Waals surface area contributed by atoms with E-state index < -0.39 is 0 Å². The minimum Gasteiger partial charge on any atom is -0.492 e. The average Bonchev–Trinajstić information content (AvgIpc) is 2.88. The summed E-state index contributed by atoms with van der Waals surface area (Å²) in [6.45, 7) is 5.66. The molecule has 1 aromatic carbocycles. The van der Waals surface area contributed by atoms with Crippen LogP contribution in [-0.2, 0) is 11.3 Å². The summed E-state index contributed by atoms with van der Waals surface area (Å²) < 4.78 is 10.6. The lowest BCUT2D eigenvalue weighted by Gasteiger charge is -2.14. The van der Waals surface area contributed by atoms with E-state index in [4.69, 9.17) is 9.26 Å². The van der Waals surface area contributed by atoms with E-state index in [0.717, 1.165) is 22.8 Å². The molecule has 2 rings (SSSR count). The Hall–Kier alpha value is -2.34. The fraction of sp³-hybridized carbons (Fsp3) is 0.412. The normalized spacial score (nSPS) is 10.8. The first kappa shape index (κ1) is 17.0. The van der Waals surface area contributed by atoms with Crippen molar-refractivity contribution >= 4 is 5.91 Å². The topological polar surface area (TPSA) is 67.6 Å². The predicted molar refractivity (Wildman–Crippen MR) is 87.3 cm³/mol. The summed E-state index contributed by atoms with van der Waals surface area (Å²) in [5.74, 6) is 1.55. The molecule has 1 heterocycles. The Labute approximate surface area is 136 Å². The van der Waals surface area contributed by atoms with Gasteiger partial charge in [-0.05, 0) is 38.6 Å². The average molecular weight is 317 g/mol. The molecule has 0 unspecified atom stereocenters. The lowest BCUT2D eigenvalue weighted by Crippen LogP contribution is -2.36. The number of carbonyl (C=O) groups is 1. The van der Waals surface area contributed by atoms with Gasteiger partial charge < -0.3 is 14.6 Å². The van der Waals surface area contributed by atoms with Gasteiger partial charge in [0.05, 0.1) is 18.8 Å². The zero-order valence-corrected chi connectivity index (χ0v) is 13.8. The Kier molecular flexibility index (Phi) is 6.17. The van der Waals surface area contributed by atoms with Gasteiger partial charge in [0.25, 0.3) is 0 Å². The van der Waals surface area contributed by atoms with E-state index in [0.29, 0.717) is 26.2 Å². The van der Waals surface area contributed by atoms with Crippen molar-refractivity contribution in [2.24, 2.45) is 0 Å². The standard InChI is InChI=1S/C17H23N3O3/c1-13-5-4-6-16(9-13)22-8-7-18-17(21)12-20(3)11-15-10-14(2)23-19-15/h4-6,9-10H,7-8,11-12H2,1-3H3,(H,18,21).